The van der Waals surface area contributed by atoms with Gasteiger partial charge < -0.3 is 19.7 Å². The fraction of sp³-hybridized carbons (Fsp3) is 0.423. The molecule has 3 unspecified atom stereocenters. The molecule has 3 aromatic rings. The molecule has 9 heteroatoms. The van der Waals surface area contributed by atoms with Crippen molar-refractivity contribution < 1.29 is 32.9 Å². The Hall–Kier alpha value is -2.88. The molecule has 1 aliphatic rings. The Kier molecular flexibility index (Phi) is 7.78. The van der Waals surface area contributed by atoms with Crippen molar-refractivity contribution in [2.24, 2.45) is 0 Å². The third kappa shape index (κ3) is 6.22. The highest BCUT2D eigenvalue weighted by atomic mass is 19.4. The van der Waals surface area contributed by atoms with Gasteiger partial charge in [-0.1, -0.05) is 61.5 Å². The number of aryl methyl sites for hydroxylation is 1. The number of rotatable bonds is 8. The number of nitrogens with zero attached hydrogens (tertiary/aromatic N) is 2. The van der Waals surface area contributed by atoms with E-state index < -0.39 is 30.4 Å². The van der Waals surface area contributed by atoms with Crippen molar-refractivity contribution >= 4 is 0 Å². The van der Waals surface area contributed by atoms with Gasteiger partial charge in [-0.3, -0.25) is 4.68 Å². The minimum atomic E-state index is -4.68. The third-order valence-electron chi connectivity index (χ3n) is 6.06. The van der Waals surface area contributed by atoms with Crippen molar-refractivity contribution in [1.82, 2.24) is 9.78 Å². The van der Waals surface area contributed by atoms with Crippen molar-refractivity contribution in [3.8, 4) is 5.88 Å². The molecular formula is C26H29F3N2O4. The lowest BCUT2D eigenvalue weighted by atomic mass is 10.0. The number of ether oxygens (including phenoxy) is 2. The number of aliphatic hydroxyl groups is 2. The second-order valence-electron chi connectivity index (χ2n) is 8.73. The molecule has 0 amide bonds. The average molecular weight is 491 g/mol. The Morgan fingerprint density at radius 1 is 1.03 bits per heavy atom. The maximum Gasteiger partial charge on any atom is 0.433 e. The van der Waals surface area contributed by atoms with E-state index in [-0.39, 0.29) is 43.9 Å². The Morgan fingerprint density at radius 3 is 2.34 bits per heavy atom. The van der Waals surface area contributed by atoms with Gasteiger partial charge in [-0.25, -0.2) is 0 Å². The van der Waals surface area contributed by atoms with Gasteiger partial charge in [-0.15, -0.1) is 5.10 Å². The Balaban J connectivity index is 1.74. The summed E-state index contributed by atoms with van der Waals surface area (Å²) < 4.78 is 55.5. The number of hydrogen-bond donors (Lipinski definition) is 2. The van der Waals surface area contributed by atoms with Crippen LogP contribution in [0, 0.1) is 0 Å². The Bertz CT molecular complexity index is 1100. The number of benzene rings is 2. The first-order valence-corrected chi connectivity index (χ1v) is 11.7. The highest BCUT2D eigenvalue weighted by molar-refractivity contribution is 5.39. The van der Waals surface area contributed by atoms with E-state index >= 15 is 0 Å². The molecule has 2 aromatic carbocycles. The fourth-order valence-corrected chi connectivity index (χ4v) is 4.28. The summed E-state index contributed by atoms with van der Waals surface area (Å²) >= 11 is 0. The first kappa shape index (κ1) is 25.2. The first-order valence-electron chi connectivity index (χ1n) is 11.7. The SMILES string of the molecule is CCc1ccc(Cc2c(OC3CC(O)CC(CO)O3)nn(Cc3ccccc3)c2C(F)(F)F)cc1. The molecule has 188 valence electrons. The van der Waals surface area contributed by atoms with Crippen LogP contribution in [0.15, 0.2) is 54.6 Å². The number of hydrogen-bond acceptors (Lipinski definition) is 5. The van der Waals surface area contributed by atoms with E-state index in [1.54, 1.807) is 42.5 Å². The Morgan fingerprint density at radius 2 is 1.71 bits per heavy atom. The standard InChI is InChI=1S/C26H29F3N2O4/c1-2-17-8-10-18(11-9-17)12-22-24(26(27,28)29)31(15-19-6-4-3-5-7-19)30-25(22)35-23-14-20(33)13-21(16-32)34-23/h3-11,20-21,23,32-33H,2,12-16H2,1H3. The third-order valence-corrected chi connectivity index (χ3v) is 6.06. The van der Waals surface area contributed by atoms with Gasteiger partial charge in [0.1, 0.15) is 5.69 Å². The van der Waals surface area contributed by atoms with Crippen LogP contribution in [0.25, 0.3) is 0 Å². The van der Waals surface area contributed by atoms with E-state index in [0.717, 1.165) is 16.7 Å². The first-order chi connectivity index (χ1) is 16.8. The van der Waals surface area contributed by atoms with Crippen molar-refractivity contribution in [2.75, 3.05) is 6.61 Å². The molecule has 0 aliphatic carbocycles. The van der Waals surface area contributed by atoms with Crippen molar-refractivity contribution in [3.05, 3.63) is 82.5 Å². The minimum Gasteiger partial charge on any atom is -0.446 e. The average Bonchev–Trinajstić information content (AvgIpc) is 3.16. The zero-order valence-corrected chi connectivity index (χ0v) is 19.4. The Labute approximate surface area is 201 Å². The molecule has 6 nitrogen and oxygen atoms in total. The van der Waals surface area contributed by atoms with Crippen LogP contribution in [0.2, 0.25) is 0 Å². The van der Waals surface area contributed by atoms with Crippen molar-refractivity contribution in [3.63, 3.8) is 0 Å². The molecule has 1 fully saturated rings. The van der Waals surface area contributed by atoms with Gasteiger partial charge in [0.2, 0.25) is 12.2 Å². The van der Waals surface area contributed by atoms with Crippen LogP contribution in [0.4, 0.5) is 13.2 Å². The number of halogens is 3. The maximum absolute atomic E-state index is 14.4. The smallest absolute Gasteiger partial charge is 0.433 e. The fourth-order valence-electron chi connectivity index (χ4n) is 4.28. The number of aromatic nitrogens is 2. The zero-order valence-electron chi connectivity index (χ0n) is 19.4. The lowest BCUT2D eigenvalue weighted by Crippen LogP contribution is -2.40. The van der Waals surface area contributed by atoms with E-state index in [1.165, 1.54) is 0 Å². The molecule has 0 spiro atoms. The summed E-state index contributed by atoms with van der Waals surface area (Å²) in [5.41, 5.74) is 1.46. The summed E-state index contributed by atoms with van der Waals surface area (Å²) in [5.74, 6) is -0.191. The van der Waals surface area contributed by atoms with E-state index in [1.807, 2.05) is 19.1 Å². The maximum atomic E-state index is 14.4. The molecule has 0 saturated carbocycles. The normalized spacial score (nSPS) is 20.7. The minimum absolute atomic E-state index is 0.0400. The van der Waals surface area contributed by atoms with Crippen LogP contribution in [0.5, 0.6) is 5.88 Å². The summed E-state index contributed by atoms with van der Waals surface area (Å²) in [4.78, 5) is 0. The molecule has 1 aliphatic heterocycles. The van der Waals surface area contributed by atoms with Crippen molar-refractivity contribution in [1.29, 1.82) is 0 Å². The highest BCUT2D eigenvalue weighted by Crippen LogP contribution is 2.39. The van der Waals surface area contributed by atoms with Crippen LogP contribution >= 0.6 is 0 Å². The number of aliphatic hydroxyl groups excluding tert-OH is 2. The van der Waals surface area contributed by atoms with Crippen molar-refractivity contribution in [2.45, 2.75) is 63.8 Å². The molecule has 2 heterocycles. The lowest BCUT2D eigenvalue weighted by Gasteiger charge is -2.31. The summed E-state index contributed by atoms with van der Waals surface area (Å²) in [6.07, 6.45) is -6.10. The largest absolute Gasteiger partial charge is 0.446 e. The van der Waals surface area contributed by atoms with Gasteiger partial charge in [0.05, 0.1) is 30.9 Å². The van der Waals surface area contributed by atoms with E-state index in [9.17, 15) is 23.4 Å². The summed E-state index contributed by atoms with van der Waals surface area (Å²) in [6, 6.07) is 16.2. The quantitative estimate of drug-likeness (QED) is 0.491. The van der Waals surface area contributed by atoms with Gasteiger partial charge in [0, 0.05) is 19.3 Å². The molecule has 4 rings (SSSR count). The molecule has 0 radical (unpaired) electrons. The molecule has 3 atom stereocenters. The highest BCUT2D eigenvalue weighted by Gasteiger charge is 2.41. The molecule has 0 bridgehead atoms. The number of alkyl halides is 3. The van der Waals surface area contributed by atoms with Gasteiger partial charge >= 0.3 is 6.18 Å². The lowest BCUT2D eigenvalue weighted by molar-refractivity contribution is -0.186. The summed E-state index contributed by atoms with van der Waals surface area (Å²) in [6.45, 7) is 1.59. The predicted molar refractivity (Wildman–Crippen MR) is 123 cm³/mol. The summed E-state index contributed by atoms with van der Waals surface area (Å²) in [5, 5.41) is 23.8. The molecule has 2 N–H and O–H groups in total. The van der Waals surface area contributed by atoms with E-state index in [2.05, 4.69) is 5.10 Å². The van der Waals surface area contributed by atoms with Crippen LogP contribution < -0.4 is 4.74 Å². The second-order valence-corrected chi connectivity index (χ2v) is 8.73. The molecular weight excluding hydrogens is 461 g/mol. The molecule has 1 aromatic heterocycles. The van der Waals surface area contributed by atoms with Gasteiger partial charge in [-0.05, 0) is 23.1 Å². The van der Waals surface area contributed by atoms with Crippen LogP contribution in [-0.4, -0.2) is 45.1 Å². The van der Waals surface area contributed by atoms with Gasteiger partial charge in [-0.2, -0.15) is 13.2 Å². The van der Waals surface area contributed by atoms with Crippen LogP contribution in [0.3, 0.4) is 0 Å². The van der Waals surface area contributed by atoms with Gasteiger partial charge in [0.25, 0.3) is 0 Å². The second kappa shape index (κ2) is 10.8. The molecule has 1 saturated heterocycles. The molecule has 35 heavy (non-hydrogen) atoms. The van der Waals surface area contributed by atoms with E-state index in [4.69, 9.17) is 9.47 Å². The van der Waals surface area contributed by atoms with E-state index in [0.29, 0.717) is 11.1 Å². The van der Waals surface area contributed by atoms with Crippen LogP contribution in [-0.2, 0) is 30.3 Å². The van der Waals surface area contributed by atoms with Gasteiger partial charge in [0.15, 0.2) is 0 Å². The summed E-state index contributed by atoms with van der Waals surface area (Å²) in [7, 11) is 0. The zero-order chi connectivity index (χ0) is 25.0. The van der Waals surface area contributed by atoms with Crippen LogP contribution in [0.1, 0.15) is 47.7 Å². The predicted octanol–water partition coefficient (Wildman–Crippen LogP) is 4.34. The monoisotopic (exact) mass is 490 g/mol. The topological polar surface area (TPSA) is 76.7 Å².